The van der Waals surface area contributed by atoms with Gasteiger partial charge in [-0.3, -0.25) is 23.9 Å². The van der Waals surface area contributed by atoms with E-state index in [0.29, 0.717) is 17.1 Å². The van der Waals surface area contributed by atoms with Crippen molar-refractivity contribution >= 4 is 11.9 Å². The molecule has 3 atom stereocenters. The number of H-pyrrole nitrogens is 1. The minimum absolute atomic E-state index is 0.0884. The molecule has 0 radical (unpaired) electrons. The molecule has 3 N–H and O–H groups in total. The number of nitrogens with two attached hydrogens (primary N) is 1. The van der Waals surface area contributed by atoms with E-state index in [2.05, 4.69) is 4.98 Å². The molecule has 1 fully saturated rings. The third-order valence-corrected chi connectivity index (χ3v) is 8.13. The average molecular weight is 644 g/mol. The summed E-state index contributed by atoms with van der Waals surface area (Å²) in [4.78, 5) is 51.2. The number of rotatable bonds is 13. The zero-order valence-electron chi connectivity index (χ0n) is 26.3. The Morgan fingerprint density at radius 3 is 2.02 bits per heavy atom. The lowest BCUT2D eigenvalue weighted by atomic mass is 9.80. The number of benzene rings is 3. The SMILES string of the molecule is COc1ccc(C(OC[C@H]2O[C@@H](n3cc(C)c(=O)[nH]c3=O)C[C@@H]2OC(=O)CCC(N)=O)(c2ccccc2)c2ccc(OC)cc2)cc1. The number of nitrogens with zero attached hydrogens (tertiary/aromatic N) is 1. The molecule has 12 heteroatoms. The molecule has 12 nitrogen and oxygen atoms in total. The molecule has 2 heterocycles. The number of carbonyl (C=O) groups is 2. The topological polar surface area (TPSA) is 161 Å². The van der Waals surface area contributed by atoms with Gasteiger partial charge in [0.25, 0.3) is 5.56 Å². The van der Waals surface area contributed by atoms with Gasteiger partial charge < -0.3 is 29.4 Å². The average Bonchev–Trinajstić information content (AvgIpc) is 3.48. The zero-order chi connectivity index (χ0) is 33.6. The van der Waals surface area contributed by atoms with Crippen molar-refractivity contribution in [1.29, 1.82) is 0 Å². The number of hydrogen-bond donors (Lipinski definition) is 2. The number of esters is 1. The number of nitrogens with one attached hydrogen (secondary N) is 1. The van der Waals surface area contributed by atoms with E-state index in [-0.39, 0.29) is 25.9 Å². The number of hydrogen-bond acceptors (Lipinski definition) is 9. The van der Waals surface area contributed by atoms with E-state index in [4.69, 9.17) is 29.4 Å². The predicted molar refractivity (Wildman–Crippen MR) is 171 cm³/mol. The molecule has 1 aliphatic rings. The number of carbonyl (C=O) groups excluding carboxylic acids is 2. The third kappa shape index (κ3) is 7.29. The van der Waals surface area contributed by atoms with E-state index in [1.165, 1.54) is 10.8 Å². The second kappa shape index (κ2) is 14.5. The molecule has 0 saturated carbocycles. The first-order valence-electron chi connectivity index (χ1n) is 15.1. The van der Waals surface area contributed by atoms with Crippen LogP contribution in [0.3, 0.4) is 0 Å². The van der Waals surface area contributed by atoms with Crippen molar-refractivity contribution in [3.63, 3.8) is 0 Å². The quantitative estimate of drug-likeness (QED) is 0.164. The van der Waals surface area contributed by atoms with Crippen molar-refractivity contribution in [2.24, 2.45) is 5.73 Å². The molecule has 47 heavy (non-hydrogen) atoms. The van der Waals surface area contributed by atoms with Crippen molar-refractivity contribution in [2.75, 3.05) is 20.8 Å². The standard InChI is InChI=1S/C35H37N3O9/c1-22-20-38(34(42)37-33(22)41)31-19-28(47-32(40)18-17-30(36)39)29(46-31)21-45-35(23-7-5-4-6-8-23,24-9-13-26(43-2)14-10-24)25-11-15-27(44-3)16-12-25/h4-16,20,28-29,31H,17-19,21H2,1-3H3,(H2,36,39)(H,37,41,42)/t28-,29+,31+/m0/s1. The Labute approximate surface area is 271 Å². The summed E-state index contributed by atoms with van der Waals surface area (Å²) in [7, 11) is 3.18. The van der Waals surface area contributed by atoms with Crippen LogP contribution < -0.4 is 26.5 Å². The Morgan fingerprint density at radius 2 is 1.47 bits per heavy atom. The highest BCUT2D eigenvalue weighted by Gasteiger charge is 2.44. The van der Waals surface area contributed by atoms with Gasteiger partial charge in [0.15, 0.2) is 0 Å². The van der Waals surface area contributed by atoms with Crippen molar-refractivity contribution in [3.05, 3.63) is 128 Å². The summed E-state index contributed by atoms with van der Waals surface area (Å²) in [5.74, 6) is 0.0472. The second-order valence-electron chi connectivity index (χ2n) is 11.2. The molecule has 3 aromatic carbocycles. The second-order valence-corrected chi connectivity index (χ2v) is 11.2. The summed E-state index contributed by atoms with van der Waals surface area (Å²) in [5, 5.41) is 0. The van der Waals surface area contributed by atoms with Gasteiger partial charge in [0.1, 0.15) is 35.5 Å². The first-order chi connectivity index (χ1) is 22.6. The van der Waals surface area contributed by atoms with Gasteiger partial charge in [-0.05, 0) is 47.9 Å². The molecule has 1 aliphatic heterocycles. The van der Waals surface area contributed by atoms with E-state index in [1.807, 2.05) is 78.9 Å². The van der Waals surface area contributed by atoms with Crippen LogP contribution in [0.1, 0.15) is 47.7 Å². The summed E-state index contributed by atoms with van der Waals surface area (Å²) in [5.41, 5.74) is 5.57. The molecular formula is C35H37N3O9. The number of primary amides is 1. The van der Waals surface area contributed by atoms with Gasteiger partial charge >= 0.3 is 11.7 Å². The maximum atomic E-state index is 12.8. The fourth-order valence-corrected chi connectivity index (χ4v) is 5.68. The number of amides is 1. The molecular weight excluding hydrogens is 606 g/mol. The Morgan fingerprint density at radius 1 is 0.894 bits per heavy atom. The zero-order valence-corrected chi connectivity index (χ0v) is 26.3. The van der Waals surface area contributed by atoms with E-state index >= 15 is 0 Å². The minimum atomic E-state index is -1.19. The normalized spacial score (nSPS) is 17.6. The Kier molecular flexibility index (Phi) is 10.2. The molecule has 0 bridgehead atoms. The van der Waals surface area contributed by atoms with Gasteiger partial charge in [-0.1, -0.05) is 54.6 Å². The molecule has 4 aromatic rings. The van der Waals surface area contributed by atoms with Gasteiger partial charge in [0, 0.05) is 24.6 Å². The van der Waals surface area contributed by atoms with Crippen LogP contribution in [0.25, 0.3) is 0 Å². The van der Waals surface area contributed by atoms with E-state index in [9.17, 15) is 19.2 Å². The van der Waals surface area contributed by atoms with Crippen LogP contribution >= 0.6 is 0 Å². The van der Waals surface area contributed by atoms with Crippen LogP contribution in [-0.2, 0) is 29.4 Å². The van der Waals surface area contributed by atoms with Crippen LogP contribution in [0.2, 0.25) is 0 Å². The smallest absolute Gasteiger partial charge is 0.330 e. The van der Waals surface area contributed by atoms with Crippen LogP contribution in [-0.4, -0.2) is 54.5 Å². The van der Waals surface area contributed by atoms with Crippen molar-refractivity contribution in [2.45, 2.75) is 50.2 Å². The van der Waals surface area contributed by atoms with Gasteiger partial charge in [-0.15, -0.1) is 0 Å². The maximum absolute atomic E-state index is 12.8. The minimum Gasteiger partial charge on any atom is -0.497 e. The molecule has 1 amide bonds. The Balaban J connectivity index is 1.56. The van der Waals surface area contributed by atoms with Crippen LogP contribution in [0, 0.1) is 6.92 Å². The van der Waals surface area contributed by atoms with Gasteiger partial charge in [-0.2, -0.15) is 0 Å². The largest absolute Gasteiger partial charge is 0.497 e. The Hall–Kier alpha value is -5.20. The monoisotopic (exact) mass is 643 g/mol. The highest BCUT2D eigenvalue weighted by molar-refractivity contribution is 5.80. The number of aromatic amines is 1. The van der Waals surface area contributed by atoms with E-state index < -0.39 is 47.2 Å². The first-order valence-corrected chi connectivity index (χ1v) is 15.1. The fourth-order valence-electron chi connectivity index (χ4n) is 5.68. The van der Waals surface area contributed by atoms with Crippen molar-refractivity contribution < 1.29 is 33.3 Å². The molecule has 0 spiro atoms. The molecule has 1 aromatic heterocycles. The van der Waals surface area contributed by atoms with Crippen molar-refractivity contribution in [1.82, 2.24) is 9.55 Å². The third-order valence-electron chi connectivity index (χ3n) is 8.13. The van der Waals surface area contributed by atoms with Crippen LogP contribution in [0.4, 0.5) is 0 Å². The fraction of sp³-hybridized carbons (Fsp3) is 0.314. The van der Waals surface area contributed by atoms with Gasteiger partial charge in [0.2, 0.25) is 5.91 Å². The number of aryl methyl sites for hydroxylation is 1. The molecule has 0 unspecified atom stereocenters. The van der Waals surface area contributed by atoms with Gasteiger partial charge in [-0.25, -0.2) is 4.79 Å². The maximum Gasteiger partial charge on any atom is 0.330 e. The number of methoxy groups -OCH3 is 2. The lowest BCUT2D eigenvalue weighted by molar-refractivity contribution is -0.156. The number of ether oxygens (including phenoxy) is 5. The number of aromatic nitrogens is 2. The van der Waals surface area contributed by atoms with E-state index in [1.54, 1.807) is 21.1 Å². The summed E-state index contributed by atoms with van der Waals surface area (Å²) in [6, 6.07) is 24.7. The lowest BCUT2D eigenvalue weighted by Crippen LogP contribution is -2.39. The first kappa shape index (κ1) is 33.2. The summed E-state index contributed by atoms with van der Waals surface area (Å²) < 4.78 is 31.2. The molecule has 1 saturated heterocycles. The highest BCUT2D eigenvalue weighted by Crippen LogP contribution is 2.43. The van der Waals surface area contributed by atoms with Crippen LogP contribution in [0.15, 0.2) is 94.6 Å². The summed E-state index contributed by atoms with van der Waals surface area (Å²) >= 11 is 0. The van der Waals surface area contributed by atoms with E-state index in [0.717, 1.165) is 16.7 Å². The summed E-state index contributed by atoms with van der Waals surface area (Å²) in [6.07, 6.45) is -1.49. The molecule has 5 rings (SSSR count). The van der Waals surface area contributed by atoms with Crippen LogP contribution in [0.5, 0.6) is 11.5 Å². The molecule has 0 aliphatic carbocycles. The van der Waals surface area contributed by atoms with Crippen molar-refractivity contribution in [3.8, 4) is 11.5 Å². The summed E-state index contributed by atoms with van der Waals surface area (Å²) in [6.45, 7) is 1.48. The Bertz CT molecular complexity index is 1750. The molecule has 246 valence electrons. The highest BCUT2D eigenvalue weighted by atomic mass is 16.6. The predicted octanol–water partition coefficient (Wildman–Crippen LogP) is 3.34. The lowest BCUT2D eigenvalue weighted by Gasteiger charge is -2.37. The van der Waals surface area contributed by atoms with Gasteiger partial charge in [0.05, 0.1) is 27.2 Å².